The van der Waals surface area contributed by atoms with Gasteiger partial charge in [-0.3, -0.25) is 13.9 Å². The highest BCUT2D eigenvalue weighted by Crippen LogP contribution is 2.26. The van der Waals surface area contributed by atoms with Crippen LogP contribution in [0.5, 0.6) is 5.75 Å². The molecule has 1 atom stereocenters. The van der Waals surface area contributed by atoms with Crippen molar-refractivity contribution in [3.05, 3.63) is 89.4 Å². The molecule has 0 radical (unpaired) electrons. The molecule has 0 heterocycles. The van der Waals surface area contributed by atoms with Crippen molar-refractivity contribution < 1.29 is 22.7 Å². The molecule has 2 amide bonds. The summed E-state index contributed by atoms with van der Waals surface area (Å²) in [5.41, 5.74) is 1.01. The Bertz CT molecular complexity index is 1330. The van der Waals surface area contributed by atoms with Gasteiger partial charge in [0.15, 0.2) is 0 Å². The summed E-state index contributed by atoms with van der Waals surface area (Å²) in [7, 11) is -2.57. The highest BCUT2D eigenvalue weighted by Gasteiger charge is 2.32. The molecular weight excluding hydrogens is 526 g/mol. The first-order chi connectivity index (χ1) is 18.2. The van der Waals surface area contributed by atoms with Crippen LogP contribution in [0.1, 0.15) is 25.8 Å². The molecule has 202 valence electrons. The molecule has 0 aromatic heterocycles. The van der Waals surface area contributed by atoms with Crippen molar-refractivity contribution in [1.82, 2.24) is 10.2 Å². The molecule has 0 fully saturated rings. The van der Waals surface area contributed by atoms with Crippen LogP contribution in [0.15, 0.2) is 83.8 Å². The smallest absolute Gasteiger partial charge is 0.264 e. The summed E-state index contributed by atoms with van der Waals surface area (Å²) in [6.07, 6.45) is 0.738. The first-order valence-corrected chi connectivity index (χ1v) is 14.0. The molecule has 38 heavy (non-hydrogen) atoms. The predicted molar refractivity (Wildman–Crippen MR) is 149 cm³/mol. The number of anilines is 1. The molecule has 3 aromatic carbocycles. The number of carbonyl (C=O) groups is 2. The lowest BCUT2D eigenvalue weighted by molar-refractivity contribution is -0.139. The van der Waals surface area contributed by atoms with Gasteiger partial charge in [-0.05, 0) is 67.4 Å². The van der Waals surface area contributed by atoms with Crippen molar-refractivity contribution in [1.29, 1.82) is 0 Å². The predicted octanol–water partition coefficient (Wildman–Crippen LogP) is 4.49. The third-order valence-electron chi connectivity index (χ3n) is 5.93. The molecule has 10 heteroatoms. The lowest BCUT2D eigenvalue weighted by Crippen LogP contribution is -2.51. The second-order valence-electron chi connectivity index (χ2n) is 8.64. The molecule has 0 saturated heterocycles. The van der Waals surface area contributed by atoms with Gasteiger partial charge in [0.05, 0.1) is 17.7 Å². The molecule has 3 rings (SSSR count). The molecule has 3 aromatic rings. The van der Waals surface area contributed by atoms with E-state index in [1.807, 2.05) is 13.0 Å². The highest BCUT2D eigenvalue weighted by atomic mass is 35.5. The number of carbonyl (C=O) groups excluding carboxylic acids is 2. The van der Waals surface area contributed by atoms with Crippen LogP contribution in [-0.4, -0.2) is 51.4 Å². The molecule has 0 aliphatic rings. The number of nitrogens with zero attached hydrogens (tertiary/aromatic N) is 2. The molecule has 0 aliphatic heterocycles. The summed E-state index contributed by atoms with van der Waals surface area (Å²) < 4.78 is 33.7. The van der Waals surface area contributed by atoms with Gasteiger partial charge in [0, 0.05) is 18.1 Å². The number of sulfonamides is 1. The summed E-state index contributed by atoms with van der Waals surface area (Å²) >= 11 is 6.04. The summed E-state index contributed by atoms with van der Waals surface area (Å²) in [4.78, 5) is 28.1. The normalized spacial score (nSPS) is 11.9. The van der Waals surface area contributed by atoms with Crippen molar-refractivity contribution in [2.24, 2.45) is 0 Å². The minimum Gasteiger partial charge on any atom is -0.497 e. The van der Waals surface area contributed by atoms with Crippen molar-refractivity contribution >= 4 is 39.1 Å². The fourth-order valence-corrected chi connectivity index (χ4v) is 5.36. The fraction of sp³-hybridized carbons (Fsp3) is 0.286. The number of methoxy groups -OCH3 is 1. The van der Waals surface area contributed by atoms with Crippen LogP contribution in [0.25, 0.3) is 0 Å². The zero-order valence-electron chi connectivity index (χ0n) is 21.6. The number of hydrogen-bond donors (Lipinski definition) is 1. The number of ether oxygens (including phenoxy) is 1. The minimum atomic E-state index is -4.12. The largest absolute Gasteiger partial charge is 0.497 e. The maximum absolute atomic E-state index is 13.8. The average Bonchev–Trinajstić information content (AvgIpc) is 2.93. The Balaban J connectivity index is 2.00. The average molecular weight is 558 g/mol. The van der Waals surface area contributed by atoms with Gasteiger partial charge in [0.1, 0.15) is 18.3 Å². The maximum atomic E-state index is 13.8. The Morgan fingerprint density at radius 3 is 2.32 bits per heavy atom. The number of amides is 2. The van der Waals surface area contributed by atoms with E-state index in [0.717, 1.165) is 16.3 Å². The van der Waals surface area contributed by atoms with Crippen LogP contribution < -0.4 is 14.4 Å². The van der Waals surface area contributed by atoms with Gasteiger partial charge in [0.2, 0.25) is 11.8 Å². The van der Waals surface area contributed by atoms with Crippen LogP contribution in [0, 0.1) is 0 Å². The second-order valence-corrected chi connectivity index (χ2v) is 10.9. The Hall–Kier alpha value is -3.56. The lowest BCUT2D eigenvalue weighted by Gasteiger charge is -2.32. The van der Waals surface area contributed by atoms with E-state index in [4.69, 9.17) is 16.3 Å². The van der Waals surface area contributed by atoms with Crippen LogP contribution in [0.3, 0.4) is 0 Å². The topological polar surface area (TPSA) is 96.0 Å². The zero-order valence-corrected chi connectivity index (χ0v) is 23.2. The Morgan fingerprint density at radius 1 is 1.00 bits per heavy atom. The second kappa shape index (κ2) is 13.3. The maximum Gasteiger partial charge on any atom is 0.264 e. The standard InChI is InChI=1S/C28H32ClN3O5S/c1-4-17-30-28(34)21(2)31(19-22-9-8-10-25(18-22)37-3)27(33)20-32(24-15-13-23(29)14-16-24)38(35,36)26-11-6-5-7-12-26/h5-16,18,21H,4,17,19-20H2,1-3H3,(H,30,34)/t21-/m0/s1. The van der Waals surface area contributed by atoms with Crippen LogP contribution in [-0.2, 0) is 26.2 Å². The van der Waals surface area contributed by atoms with E-state index in [1.165, 1.54) is 17.0 Å². The van der Waals surface area contributed by atoms with E-state index in [0.29, 0.717) is 17.3 Å². The first-order valence-electron chi connectivity index (χ1n) is 12.2. The van der Waals surface area contributed by atoms with Gasteiger partial charge in [0.25, 0.3) is 10.0 Å². The van der Waals surface area contributed by atoms with Crippen molar-refractivity contribution in [2.45, 2.75) is 37.8 Å². The molecule has 0 spiro atoms. The van der Waals surface area contributed by atoms with Crippen LogP contribution >= 0.6 is 11.6 Å². The van der Waals surface area contributed by atoms with Crippen molar-refractivity contribution in [3.8, 4) is 5.75 Å². The van der Waals surface area contributed by atoms with E-state index >= 15 is 0 Å². The van der Waals surface area contributed by atoms with Gasteiger partial charge >= 0.3 is 0 Å². The SMILES string of the molecule is CCCNC(=O)[C@H](C)N(Cc1cccc(OC)c1)C(=O)CN(c1ccc(Cl)cc1)S(=O)(=O)c1ccccc1. The van der Waals surface area contributed by atoms with Crippen molar-refractivity contribution in [2.75, 3.05) is 24.5 Å². The Morgan fingerprint density at radius 2 is 1.68 bits per heavy atom. The number of benzene rings is 3. The number of nitrogens with one attached hydrogen (secondary N) is 1. The quantitative estimate of drug-likeness (QED) is 0.354. The fourth-order valence-electron chi connectivity index (χ4n) is 3.80. The summed E-state index contributed by atoms with van der Waals surface area (Å²) in [6.45, 7) is 3.58. The summed E-state index contributed by atoms with van der Waals surface area (Å²) in [5, 5.41) is 3.25. The van der Waals surface area contributed by atoms with Crippen molar-refractivity contribution in [3.63, 3.8) is 0 Å². The number of hydrogen-bond acceptors (Lipinski definition) is 5. The number of halogens is 1. The molecular formula is C28H32ClN3O5S. The first kappa shape index (κ1) is 29.0. The monoisotopic (exact) mass is 557 g/mol. The highest BCUT2D eigenvalue weighted by molar-refractivity contribution is 7.92. The van der Waals surface area contributed by atoms with Gasteiger partial charge in [-0.25, -0.2) is 8.42 Å². The molecule has 0 saturated carbocycles. The third-order valence-corrected chi connectivity index (χ3v) is 7.97. The van der Waals surface area contributed by atoms with Gasteiger partial charge < -0.3 is 15.0 Å². The minimum absolute atomic E-state index is 0.0378. The molecule has 1 N–H and O–H groups in total. The van der Waals surface area contributed by atoms with Gasteiger partial charge in [-0.15, -0.1) is 0 Å². The Labute approximate surface area is 229 Å². The van der Waals surface area contributed by atoms with Crippen LogP contribution in [0.4, 0.5) is 5.69 Å². The summed E-state index contributed by atoms with van der Waals surface area (Å²) in [5.74, 6) is -0.263. The van der Waals surface area contributed by atoms with E-state index in [1.54, 1.807) is 74.7 Å². The van der Waals surface area contributed by atoms with E-state index in [2.05, 4.69) is 5.32 Å². The lowest BCUT2D eigenvalue weighted by atomic mass is 10.1. The zero-order chi connectivity index (χ0) is 27.7. The number of rotatable bonds is 12. The Kier molecular flexibility index (Phi) is 10.2. The molecule has 0 aliphatic carbocycles. The van der Waals surface area contributed by atoms with E-state index < -0.39 is 28.5 Å². The third kappa shape index (κ3) is 7.26. The molecule has 0 bridgehead atoms. The van der Waals surface area contributed by atoms with Crippen LogP contribution in [0.2, 0.25) is 5.02 Å². The summed E-state index contributed by atoms with van der Waals surface area (Å²) in [6, 6.07) is 20.4. The van der Waals surface area contributed by atoms with Gasteiger partial charge in [-0.1, -0.05) is 48.9 Å². The van der Waals surface area contributed by atoms with E-state index in [9.17, 15) is 18.0 Å². The molecule has 0 unspecified atom stereocenters. The molecule has 8 nitrogen and oxygen atoms in total. The van der Waals surface area contributed by atoms with Gasteiger partial charge in [-0.2, -0.15) is 0 Å². The van der Waals surface area contributed by atoms with E-state index in [-0.39, 0.29) is 23.0 Å².